The Labute approximate surface area is 172 Å². The van der Waals surface area contributed by atoms with Crippen molar-refractivity contribution in [1.82, 2.24) is 9.88 Å². The highest BCUT2D eigenvalue weighted by Crippen LogP contribution is 2.58. The van der Waals surface area contributed by atoms with Crippen LogP contribution in [-0.4, -0.2) is 28.2 Å². The van der Waals surface area contributed by atoms with Crippen LogP contribution in [0.4, 0.5) is 0 Å². The van der Waals surface area contributed by atoms with Crippen molar-refractivity contribution in [3.8, 4) is 0 Å². The summed E-state index contributed by atoms with van der Waals surface area (Å²) in [6.07, 6.45) is 4.56. The Morgan fingerprint density at radius 3 is 2.62 bits per heavy atom. The maximum Gasteiger partial charge on any atom is 0.235 e. The number of nitrogens with zero attached hydrogens (tertiary/aromatic N) is 2. The lowest BCUT2D eigenvalue weighted by molar-refractivity contribution is -0.170. The van der Waals surface area contributed by atoms with Gasteiger partial charge < -0.3 is 4.42 Å². The number of hydrogen-bond donors (Lipinski definition) is 0. The van der Waals surface area contributed by atoms with E-state index in [4.69, 9.17) is 9.40 Å². The minimum atomic E-state index is -0.607. The van der Waals surface area contributed by atoms with Gasteiger partial charge in [-0.3, -0.25) is 14.5 Å². The molecule has 29 heavy (non-hydrogen) atoms. The SMILES string of the molecule is C=CC[C@H](C)C(=O)N1C[C@]2(C)C[C@@](C)(C[C@](C)(c3nc4ccccc4o3)C2)C1=O. The van der Waals surface area contributed by atoms with Crippen LogP contribution < -0.4 is 0 Å². The molecule has 1 aromatic heterocycles. The molecule has 1 aliphatic heterocycles. The maximum absolute atomic E-state index is 13.5. The fourth-order valence-corrected chi connectivity index (χ4v) is 6.05. The van der Waals surface area contributed by atoms with Gasteiger partial charge in [-0.2, -0.15) is 0 Å². The molecule has 0 spiro atoms. The number of aromatic nitrogens is 1. The average molecular weight is 395 g/mol. The number of fused-ring (bicyclic) bond motifs is 3. The van der Waals surface area contributed by atoms with Crippen molar-refractivity contribution in [3.05, 3.63) is 42.8 Å². The number of allylic oxidation sites excluding steroid dienone is 1. The van der Waals surface area contributed by atoms with Crippen LogP contribution in [0, 0.1) is 16.7 Å². The summed E-state index contributed by atoms with van der Waals surface area (Å²) in [7, 11) is 0. The van der Waals surface area contributed by atoms with E-state index in [9.17, 15) is 9.59 Å². The predicted octanol–water partition coefficient (Wildman–Crippen LogP) is 4.86. The minimum absolute atomic E-state index is 0.0575. The second-order valence-corrected chi connectivity index (χ2v) is 10.1. The highest BCUT2D eigenvalue weighted by atomic mass is 16.3. The van der Waals surface area contributed by atoms with Gasteiger partial charge in [0.1, 0.15) is 5.52 Å². The summed E-state index contributed by atoms with van der Waals surface area (Å²) in [5.41, 5.74) is 0.495. The fourth-order valence-electron chi connectivity index (χ4n) is 6.05. The van der Waals surface area contributed by atoms with Crippen molar-refractivity contribution in [2.75, 3.05) is 6.54 Å². The zero-order valence-corrected chi connectivity index (χ0v) is 17.8. The van der Waals surface area contributed by atoms with Gasteiger partial charge in [0.05, 0.1) is 0 Å². The molecule has 2 aliphatic rings. The lowest BCUT2D eigenvalue weighted by Gasteiger charge is -2.57. The van der Waals surface area contributed by atoms with Crippen LogP contribution in [0.1, 0.15) is 59.3 Å². The lowest BCUT2D eigenvalue weighted by Crippen LogP contribution is -2.62. The Hall–Kier alpha value is -2.43. The number of amides is 2. The highest BCUT2D eigenvalue weighted by molar-refractivity contribution is 5.99. The Kier molecular flexibility index (Phi) is 4.48. The summed E-state index contributed by atoms with van der Waals surface area (Å²) in [6, 6.07) is 7.77. The number of rotatable bonds is 4. The van der Waals surface area contributed by atoms with E-state index < -0.39 is 5.41 Å². The maximum atomic E-state index is 13.5. The molecule has 0 unspecified atom stereocenters. The van der Waals surface area contributed by atoms with Crippen LogP contribution in [0.2, 0.25) is 0 Å². The number of benzene rings is 1. The Morgan fingerprint density at radius 2 is 1.93 bits per heavy atom. The molecular formula is C24H30N2O3. The third kappa shape index (κ3) is 3.21. The average Bonchev–Trinajstić information content (AvgIpc) is 3.09. The summed E-state index contributed by atoms with van der Waals surface area (Å²) in [5, 5.41) is 0. The molecule has 1 aliphatic carbocycles. The molecule has 2 heterocycles. The van der Waals surface area contributed by atoms with Crippen LogP contribution in [0.15, 0.2) is 41.3 Å². The van der Waals surface area contributed by atoms with Crippen molar-refractivity contribution in [1.29, 1.82) is 0 Å². The molecule has 2 bridgehead atoms. The largest absolute Gasteiger partial charge is 0.440 e. The van der Waals surface area contributed by atoms with Gasteiger partial charge >= 0.3 is 0 Å². The van der Waals surface area contributed by atoms with E-state index >= 15 is 0 Å². The summed E-state index contributed by atoms with van der Waals surface area (Å²) in [5.74, 6) is 0.324. The summed E-state index contributed by atoms with van der Waals surface area (Å²) in [6.45, 7) is 12.4. The Bertz CT molecular complexity index is 962. The summed E-state index contributed by atoms with van der Waals surface area (Å²) < 4.78 is 6.13. The van der Waals surface area contributed by atoms with Crippen molar-refractivity contribution < 1.29 is 14.0 Å². The number of oxazole rings is 1. The van der Waals surface area contributed by atoms with Crippen molar-refractivity contribution in [2.24, 2.45) is 16.7 Å². The van der Waals surface area contributed by atoms with E-state index in [2.05, 4.69) is 20.4 Å². The van der Waals surface area contributed by atoms with Crippen LogP contribution in [0.25, 0.3) is 11.1 Å². The number of imide groups is 1. The molecule has 154 valence electrons. The van der Waals surface area contributed by atoms with Gasteiger partial charge in [-0.1, -0.05) is 45.9 Å². The van der Waals surface area contributed by atoms with E-state index in [1.54, 1.807) is 6.08 Å². The van der Waals surface area contributed by atoms with Crippen LogP contribution in [0.5, 0.6) is 0 Å². The fraction of sp³-hybridized carbons (Fsp3) is 0.542. The monoisotopic (exact) mass is 394 g/mol. The van der Waals surface area contributed by atoms with E-state index in [-0.39, 0.29) is 28.6 Å². The first-order valence-corrected chi connectivity index (χ1v) is 10.4. The highest BCUT2D eigenvalue weighted by Gasteiger charge is 2.60. The van der Waals surface area contributed by atoms with Crippen molar-refractivity contribution in [3.63, 3.8) is 0 Å². The molecular weight excluding hydrogens is 364 g/mol. The number of carbonyl (C=O) groups is 2. The minimum Gasteiger partial charge on any atom is -0.440 e. The van der Waals surface area contributed by atoms with Crippen LogP contribution >= 0.6 is 0 Å². The zero-order valence-electron chi connectivity index (χ0n) is 17.8. The van der Waals surface area contributed by atoms with Crippen LogP contribution in [0.3, 0.4) is 0 Å². The van der Waals surface area contributed by atoms with E-state index in [1.807, 2.05) is 38.1 Å². The van der Waals surface area contributed by atoms with E-state index in [0.29, 0.717) is 25.3 Å². The van der Waals surface area contributed by atoms with Gasteiger partial charge in [0, 0.05) is 23.3 Å². The number of carbonyl (C=O) groups excluding carboxylic acids is 2. The number of piperidine rings is 1. The molecule has 1 aromatic carbocycles. The molecule has 1 saturated carbocycles. The summed E-state index contributed by atoms with van der Waals surface area (Å²) >= 11 is 0. The van der Waals surface area contributed by atoms with E-state index in [0.717, 1.165) is 23.9 Å². The first kappa shape index (κ1) is 19.9. The molecule has 4 rings (SSSR count). The third-order valence-electron chi connectivity index (χ3n) is 6.73. The smallest absolute Gasteiger partial charge is 0.235 e. The molecule has 2 fully saturated rings. The Balaban J connectivity index is 1.69. The van der Waals surface area contributed by atoms with Gasteiger partial charge in [0.2, 0.25) is 17.7 Å². The normalized spacial score (nSPS) is 33.0. The molecule has 0 radical (unpaired) electrons. The van der Waals surface area contributed by atoms with Gasteiger partial charge in [-0.15, -0.1) is 6.58 Å². The third-order valence-corrected chi connectivity index (χ3v) is 6.73. The quantitative estimate of drug-likeness (QED) is 0.695. The lowest BCUT2D eigenvalue weighted by atomic mass is 9.52. The molecule has 4 atom stereocenters. The van der Waals surface area contributed by atoms with Crippen molar-refractivity contribution in [2.45, 2.75) is 58.8 Å². The summed E-state index contributed by atoms with van der Waals surface area (Å²) in [4.78, 5) is 32.7. The number of para-hydroxylation sites is 2. The first-order valence-electron chi connectivity index (χ1n) is 10.4. The molecule has 5 nitrogen and oxygen atoms in total. The molecule has 0 N–H and O–H groups in total. The number of likely N-dealkylation sites (tertiary alicyclic amines) is 1. The predicted molar refractivity (Wildman–Crippen MR) is 112 cm³/mol. The molecule has 1 saturated heterocycles. The second kappa shape index (κ2) is 6.54. The van der Waals surface area contributed by atoms with Crippen LogP contribution in [-0.2, 0) is 15.0 Å². The topological polar surface area (TPSA) is 63.4 Å². The molecule has 5 heteroatoms. The second-order valence-electron chi connectivity index (χ2n) is 10.1. The Morgan fingerprint density at radius 1 is 1.24 bits per heavy atom. The molecule has 2 aromatic rings. The van der Waals surface area contributed by atoms with E-state index in [1.165, 1.54) is 4.90 Å². The van der Waals surface area contributed by atoms with Gasteiger partial charge in [0.25, 0.3) is 0 Å². The standard InChI is InChI=1S/C24H30N2O3/c1-6-9-16(2)19(27)26-15-22(3)12-23(4,14-24(5,13-22)21(26)28)20-25-17-10-7-8-11-18(17)29-20/h6-8,10-11,16H,1,9,12-15H2,2-5H3/t16-,22-,23+,24-/m0/s1. The van der Waals surface area contributed by atoms with Gasteiger partial charge in [0.15, 0.2) is 5.58 Å². The zero-order chi connectivity index (χ0) is 21.0. The van der Waals surface area contributed by atoms with Crippen molar-refractivity contribution >= 4 is 22.9 Å². The number of hydrogen-bond acceptors (Lipinski definition) is 4. The van der Waals surface area contributed by atoms with Gasteiger partial charge in [-0.25, -0.2) is 4.98 Å². The molecule has 2 amide bonds. The first-order chi connectivity index (χ1) is 13.6. The van der Waals surface area contributed by atoms with Gasteiger partial charge in [-0.05, 0) is 43.2 Å².